The number of azo groups is 1. The third kappa shape index (κ3) is 3.22. The van der Waals surface area contributed by atoms with Crippen LogP contribution in [0.25, 0.3) is 10.9 Å². The number of aromatic hydroxyl groups is 1. The number of pyridine rings is 1. The van der Waals surface area contributed by atoms with Crippen molar-refractivity contribution >= 4 is 16.8 Å². The largest absolute Gasteiger partial charge is 0.505 e. The molecule has 2 heterocycles. The molecule has 1 aromatic heterocycles. The van der Waals surface area contributed by atoms with Gasteiger partial charge in [-0.15, -0.1) is 0 Å². The number of hydrogen-bond donors (Lipinski definition) is 1. The zero-order valence-electron chi connectivity index (χ0n) is 16.5. The van der Waals surface area contributed by atoms with Crippen molar-refractivity contribution in [3.8, 4) is 5.75 Å². The van der Waals surface area contributed by atoms with E-state index in [1.54, 1.807) is 37.3 Å². The SMILES string of the molecule is CN=NC(C)c1c2c(c(O)c3ncc(Cc4ccc(F)cc4)cc13)C(=O)N(C)C2. The molecule has 148 valence electrons. The van der Waals surface area contributed by atoms with Gasteiger partial charge in [-0.25, -0.2) is 4.39 Å². The van der Waals surface area contributed by atoms with Gasteiger partial charge in [0.15, 0.2) is 5.75 Å². The van der Waals surface area contributed by atoms with E-state index in [9.17, 15) is 14.3 Å². The quantitative estimate of drug-likeness (QED) is 0.669. The van der Waals surface area contributed by atoms with E-state index in [0.29, 0.717) is 24.0 Å². The standard InChI is InChI=1S/C22H21FN4O2/c1-12(26-24-2)18-16-9-14(8-13-4-6-15(23)7-5-13)10-25-20(16)21(28)19-17(18)11-27(3)22(19)29/h4-7,9-10,12,28H,8,11H2,1-3H3. The Balaban J connectivity index is 1.92. The van der Waals surface area contributed by atoms with Crippen LogP contribution in [0.15, 0.2) is 46.8 Å². The second kappa shape index (κ2) is 7.24. The number of rotatable bonds is 4. The number of nitrogens with zero attached hydrogens (tertiary/aromatic N) is 4. The summed E-state index contributed by atoms with van der Waals surface area (Å²) in [5.74, 6) is -0.596. The summed E-state index contributed by atoms with van der Waals surface area (Å²) in [6, 6.07) is 8.01. The Hall–Kier alpha value is -3.35. The van der Waals surface area contributed by atoms with Crippen LogP contribution in [0.1, 0.15) is 45.6 Å². The molecule has 1 aliphatic rings. The predicted octanol–water partition coefficient (Wildman–Crippen LogP) is 4.40. The second-order valence-corrected chi connectivity index (χ2v) is 7.31. The number of phenols is 1. The molecule has 1 amide bonds. The normalized spacial score (nSPS) is 14.8. The van der Waals surface area contributed by atoms with Gasteiger partial charge in [0.25, 0.3) is 5.91 Å². The van der Waals surface area contributed by atoms with E-state index in [4.69, 9.17) is 0 Å². The lowest BCUT2D eigenvalue weighted by Gasteiger charge is -2.16. The van der Waals surface area contributed by atoms with Crippen LogP contribution in [-0.2, 0) is 13.0 Å². The molecular weight excluding hydrogens is 371 g/mol. The first kappa shape index (κ1) is 19.0. The number of phenolic OH excluding ortho intramolecular Hbond substituents is 1. The van der Waals surface area contributed by atoms with Gasteiger partial charge >= 0.3 is 0 Å². The molecule has 6 nitrogen and oxygen atoms in total. The number of amides is 1. The molecule has 1 unspecified atom stereocenters. The van der Waals surface area contributed by atoms with Gasteiger partial charge in [0, 0.05) is 32.2 Å². The number of hydrogen-bond acceptors (Lipinski definition) is 5. The minimum Gasteiger partial charge on any atom is -0.505 e. The number of aromatic nitrogens is 1. The Morgan fingerprint density at radius 3 is 2.69 bits per heavy atom. The van der Waals surface area contributed by atoms with Gasteiger partial charge in [-0.05, 0) is 53.8 Å². The van der Waals surface area contributed by atoms with Crippen LogP contribution < -0.4 is 0 Å². The van der Waals surface area contributed by atoms with E-state index in [1.807, 2.05) is 13.0 Å². The maximum Gasteiger partial charge on any atom is 0.258 e. The third-order valence-corrected chi connectivity index (χ3v) is 5.31. The molecule has 0 saturated heterocycles. The fraction of sp³-hybridized carbons (Fsp3) is 0.273. The van der Waals surface area contributed by atoms with E-state index in [2.05, 4.69) is 15.2 Å². The summed E-state index contributed by atoms with van der Waals surface area (Å²) in [5, 5.41) is 19.7. The Labute approximate surface area is 167 Å². The van der Waals surface area contributed by atoms with E-state index in [-0.39, 0.29) is 23.5 Å². The topological polar surface area (TPSA) is 78.1 Å². The van der Waals surface area contributed by atoms with Crippen molar-refractivity contribution in [2.75, 3.05) is 14.1 Å². The van der Waals surface area contributed by atoms with Crippen LogP contribution >= 0.6 is 0 Å². The molecule has 29 heavy (non-hydrogen) atoms. The smallest absolute Gasteiger partial charge is 0.258 e. The van der Waals surface area contributed by atoms with Crippen LogP contribution in [-0.4, -0.2) is 35.0 Å². The molecule has 0 bridgehead atoms. The van der Waals surface area contributed by atoms with Crippen molar-refractivity contribution in [1.82, 2.24) is 9.88 Å². The molecule has 2 aromatic carbocycles. The van der Waals surface area contributed by atoms with Crippen molar-refractivity contribution in [2.24, 2.45) is 10.2 Å². The van der Waals surface area contributed by atoms with Gasteiger partial charge in [0.2, 0.25) is 0 Å². The Bertz CT molecular complexity index is 1140. The van der Waals surface area contributed by atoms with E-state index < -0.39 is 0 Å². The number of halogens is 1. The summed E-state index contributed by atoms with van der Waals surface area (Å²) in [6.45, 7) is 2.31. The molecule has 4 rings (SSSR count). The highest BCUT2D eigenvalue weighted by atomic mass is 19.1. The number of carbonyl (C=O) groups is 1. The number of benzene rings is 2. The molecule has 0 aliphatic carbocycles. The monoisotopic (exact) mass is 392 g/mol. The minimum absolute atomic E-state index is 0.0953. The molecule has 7 heteroatoms. The molecule has 1 atom stereocenters. The summed E-state index contributed by atoms with van der Waals surface area (Å²) in [5.41, 5.74) is 4.17. The summed E-state index contributed by atoms with van der Waals surface area (Å²) in [4.78, 5) is 18.6. The van der Waals surface area contributed by atoms with Crippen molar-refractivity contribution in [3.05, 3.63) is 70.2 Å². The number of carbonyl (C=O) groups excluding carboxylic acids is 1. The highest BCUT2D eigenvalue weighted by molar-refractivity contribution is 6.07. The average molecular weight is 392 g/mol. The molecular formula is C22H21FN4O2. The third-order valence-electron chi connectivity index (χ3n) is 5.31. The molecule has 0 saturated carbocycles. The zero-order valence-corrected chi connectivity index (χ0v) is 16.5. The lowest BCUT2D eigenvalue weighted by Crippen LogP contribution is -2.17. The van der Waals surface area contributed by atoms with Crippen LogP contribution in [0.3, 0.4) is 0 Å². The van der Waals surface area contributed by atoms with Gasteiger partial charge in [-0.3, -0.25) is 9.78 Å². The number of fused-ring (bicyclic) bond motifs is 2. The maximum atomic E-state index is 13.2. The second-order valence-electron chi connectivity index (χ2n) is 7.31. The van der Waals surface area contributed by atoms with Crippen LogP contribution in [0.2, 0.25) is 0 Å². The van der Waals surface area contributed by atoms with Gasteiger partial charge in [-0.1, -0.05) is 12.1 Å². The molecule has 1 aliphatic heterocycles. The Morgan fingerprint density at radius 1 is 1.28 bits per heavy atom. The van der Waals surface area contributed by atoms with Crippen molar-refractivity contribution in [3.63, 3.8) is 0 Å². The fourth-order valence-electron chi connectivity index (χ4n) is 4.00. The average Bonchev–Trinajstić information content (AvgIpc) is 2.98. The van der Waals surface area contributed by atoms with E-state index in [1.165, 1.54) is 12.1 Å². The first-order valence-electron chi connectivity index (χ1n) is 9.36. The Kier molecular flexibility index (Phi) is 4.74. The van der Waals surface area contributed by atoms with Crippen molar-refractivity contribution < 1.29 is 14.3 Å². The molecule has 0 fully saturated rings. The summed E-state index contributed by atoms with van der Waals surface area (Å²) >= 11 is 0. The highest BCUT2D eigenvalue weighted by Gasteiger charge is 2.34. The van der Waals surface area contributed by atoms with Gasteiger partial charge in [0.1, 0.15) is 11.3 Å². The van der Waals surface area contributed by atoms with Crippen LogP contribution in [0, 0.1) is 5.82 Å². The molecule has 1 N–H and O–H groups in total. The maximum absolute atomic E-state index is 13.2. The van der Waals surface area contributed by atoms with Gasteiger partial charge in [-0.2, -0.15) is 10.2 Å². The summed E-state index contributed by atoms with van der Waals surface area (Å²) < 4.78 is 13.2. The Morgan fingerprint density at radius 2 is 2.00 bits per heavy atom. The lowest BCUT2D eigenvalue weighted by molar-refractivity contribution is 0.0814. The zero-order chi connectivity index (χ0) is 20.7. The minimum atomic E-state index is -0.293. The molecule has 3 aromatic rings. The van der Waals surface area contributed by atoms with Crippen molar-refractivity contribution in [1.29, 1.82) is 0 Å². The fourth-order valence-corrected chi connectivity index (χ4v) is 4.00. The highest BCUT2D eigenvalue weighted by Crippen LogP contribution is 2.42. The molecule has 0 radical (unpaired) electrons. The predicted molar refractivity (Wildman–Crippen MR) is 108 cm³/mol. The molecule has 0 spiro atoms. The van der Waals surface area contributed by atoms with Gasteiger partial charge < -0.3 is 10.0 Å². The first-order chi connectivity index (χ1) is 13.9. The van der Waals surface area contributed by atoms with Crippen molar-refractivity contribution in [2.45, 2.75) is 25.9 Å². The van der Waals surface area contributed by atoms with E-state index >= 15 is 0 Å². The van der Waals surface area contributed by atoms with Crippen LogP contribution in [0.4, 0.5) is 4.39 Å². The first-order valence-corrected chi connectivity index (χ1v) is 9.36. The van der Waals surface area contributed by atoms with Gasteiger partial charge in [0.05, 0.1) is 11.6 Å². The van der Waals surface area contributed by atoms with Crippen LogP contribution in [0.5, 0.6) is 5.75 Å². The summed E-state index contributed by atoms with van der Waals surface area (Å²) in [6.07, 6.45) is 2.25. The summed E-state index contributed by atoms with van der Waals surface area (Å²) in [7, 11) is 3.31. The lowest BCUT2D eigenvalue weighted by atomic mass is 9.91. The van der Waals surface area contributed by atoms with E-state index in [0.717, 1.165) is 27.6 Å².